The molecular formula is C10H6FNO2. The van der Waals surface area contributed by atoms with E-state index < -0.39 is 5.63 Å². The van der Waals surface area contributed by atoms with Crippen LogP contribution in [0, 0.1) is 5.82 Å². The summed E-state index contributed by atoms with van der Waals surface area (Å²) in [5.41, 5.74) is 0.201. The summed E-state index contributed by atoms with van der Waals surface area (Å²) < 4.78 is 17.2. The van der Waals surface area contributed by atoms with Crippen molar-refractivity contribution in [3.8, 4) is 11.3 Å². The summed E-state index contributed by atoms with van der Waals surface area (Å²) >= 11 is 0. The second-order valence-electron chi connectivity index (χ2n) is 2.68. The first kappa shape index (κ1) is 8.62. The highest BCUT2D eigenvalue weighted by molar-refractivity contribution is 5.56. The summed E-state index contributed by atoms with van der Waals surface area (Å²) in [5, 5.41) is 0. The monoisotopic (exact) mass is 191 g/mol. The summed E-state index contributed by atoms with van der Waals surface area (Å²) in [7, 11) is 0. The molecule has 0 unspecified atom stereocenters. The van der Waals surface area contributed by atoms with Crippen molar-refractivity contribution in [1.29, 1.82) is 0 Å². The smallest absolute Gasteiger partial charge is 0.362 e. The molecule has 0 saturated carbocycles. The van der Waals surface area contributed by atoms with Crippen molar-refractivity contribution in [2.24, 2.45) is 0 Å². The van der Waals surface area contributed by atoms with Gasteiger partial charge in [-0.2, -0.15) is 0 Å². The first-order valence-electron chi connectivity index (χ1n) is 3.97. The van der Waals surface area contributed by atoms with Gasteiger partial charge in [0.2, 0.25) is 0 Å². The van der Waals surface area contributed by atoms with Crippen molar-refractivity contribution < 1.29 is 8.81 Å². The van der Waals surface area contributed by atoms with E-state index in [-0.39, 0.29) is 11.5 Å². The Morgan fingerprint density at radius 3 is 2.57 bits per heavy atom. The van der Waals surface area contributed by atoms with Gasteiger partial charge in [-0.25, -0.2) is 14.2 Å². The number of hydrogen-bond donors (Lipinski definition) is 0. The average molecular weight is 191 g/mol. The van der Waals surface area contributed by atoms with Gasteiger partial charge in [-0.15, -0.1) is 0 Å². The van der Waals surface area contributed by atoms with Crippen molar-refractivity contribution in [3.05, 3.63) is 53.0 Å². The highest BCUT2D eigenvalue weighted by atomic mass is 19.1. The van der Waals surface area contributed by atoms with Gasteiger partial charge in [0.15, 0.2) is 5.69 Å². The Kier molecular flexibility index (Phi) is 2.10. The maximum Gasteiger partial charge on any atom is 0.362 e. The van der Waals surface area contributed by atoms with Crippen LogP contribution in [-0.2, 0) is 0 Å². The second-order valence-corrected chi connectivity index (χ2v) is 2.68. The minimum absolute atomic E-state index is 0.188. The van der Waals surface area contributed by atoms with Crippen LogP contribution >= 0.6 is 0 Å². The van der Waals surface area contributed by atoms with Crippen molar-refractivity contribution in [2.45, 2.75) is 0 Å². The number of benzene rings is 1. The second kappa shape index (κ2) is 3.41. The van der Waals surface area contributed by atoms with Gasteiger partial charge in [-0.3, -0.25) is 0 Å². The number of halogens is 1. The van der Waals surface area contributed by atoms with E-state index in [2.05, 4.69) is 9.40 Å². The molecular weight excluding hydrogens is 185 g/mol. The molecule has 0 atom stereocenters. The van der Waals surface area contributed by atoms with Crippen LogP contribution in [-0.4, -0.2) is 4.98 Å². The van der Waals surface area contributed by atoms with Gasteiger partial charge in [0.25, 0.3) is 0 Å². The fourth-order valence-electron chi connectivity index (χ4n) is 1.11. The predicted octanol–water partition coefficient (Wildman–Crippen LogP) is 1.84. The normalized spacial score (nSPS) is 10.1. The maximum absolute atomic E-state index is 12.6. The van der Waals surface area contributed by atoms with Gasteiger partial charge < -0.3 is 4.42 Å². The van der Waals surface area contributed by atoms with E-state index >= 15 is 0 Å². The minimum atomic E-state index is -0.529. The van der Waals surface area contributed by atoms with E-state index in [0.29, 0.717) is 5.56 Å². The third-order valence-corrected chi connectivity index (χ3v) is 1.75. The third kappa shape index (κ3) is 1.54. The quantitative estimate of drug-likeness (QED) is 0.690. The van der Waals surface area contributed by atoms with Crippen LogP contribution in [0.5, 0.6) is 0 Å². The Labute approximate surface area is 78.8 Å². The first-order chi connectivity index (χ1) is 6.77. The minimum Gasteiger partial charge on any atom is -0.428 e. The molecule has 0 amide bonds. The molecule has 70 valence electrons. The van der Waals surface area contributed by atoms with Crippen LogP contribution in [0.2, 0.25) is 0 Å². The molecule has 0 fully saturated rings. The van der Waals surface area contributed by atoms with Gasteiger partial charge >= 0.3 is 5.63 Å². The van der Waals surface area contributed by atoms with Gasteiger partial charge in [-0.1, -0.05) is 0 Å². The molecule has 14 heavy (non-hydrogen) atoms. The molecule has 0 spiro atoms. The van der Waals surface area contributed by atoms with Crippen LogP contribution in [0.25, 0.3) is 11.3 Å². The molecule has 0 bridgehead atoms. The van der Waals surface area contributed by atoms with Crippen molar-refractivity contribution in [1.82, 2.24) is 4.98 Å². The van der Waals surface area contributed by atoms with E-state index in [1.165, 1.54) is 36.7 Å². The molecule has 2 aromatic rings. The standard InChI is InChI=1S/C10H6FNO2/c11-8-3-1-7(2-4-8)9-10(13)14-6-5-12-9/h1-6H. The van der Waals surface area contributed by atoms with Gasteiger partial charge in [0.05, 0.1) is 6.20 Å². The summed E-state index contributed by atoms with van der Waals surface area (Å²) in [5.74, 6) is -0.353. The molecule has 0 aliphatic rings. The molecule has 2 rings (SSSR count). The highest BCUT2D eigenvalue weighted by Gasteiger charge is 2.04. The van der Waals surface area contributed by atoms with E-state index in [1.54, 1.807) is 0 Å². The highest BCUT2D eigenvalue weighted by Crippen LogP contribution is 2.12. The Morgan fingerprint density at radius 1 is 1.21 bits per heavy atom. The van der Waals surface area contributed by atoms with Gasteiger partial charge in [-0.05, 0) is 24.3 Å². The Hall–Kier alpha value is -1.97. The molecule has 1 aromatic carbocycles. The van der Waals surface area contributed by atoms with Crippen LogP contribution < -0.4 is 5.63 Å². The Balaban J connectivity index is 2.56. The molecule has 0 aliphatic heterocycles. The van der Waals surface area contributed by atoms with E-state index in [1.807, 2.05) is 0 Å². The zero-order valence-electron chi connectivity index (χ0n) is 7.11. The third-order valence-electron chi connectivity index (χ3n) is 1.75. The summed E-state index contributed by atoms with van der Waals surface area (Å²) in [4.78, 5) is 15.0. The fourth-order valence-corrected chi connectivity index (χ4v) is 1.11. The van der Waals surface area contributed by atoms with E-state index in [9.17, 15) is 9.18 Å². The molecule has 0 radical (unpaired) electrons. The first-order valence-corrected chi connectivity index (χ1v) is 3.97. The van der Waals surface area contributed by atoms with Crippen LogP contribution in [0.3, 0.4) is 0 Å². The molecule has 0 N–H and O–H groups in total. The predicted molar refractivity (Wildman–Crippen MR) is 48.2 cm³/mol. The lowest BCUT2D eigenvalue weighted by Crippen LogP contribution is -2.03. The van der Waals surface area contributed by atoms with E-state index in [0.717, 1.165) is 0 Å². The maximum atomic E-state index is 12.6. The number of nitrogens with zero attached hydrogens (tertiary/aromatic N) is 1. The zero-order valence-corrected chi connectivity index (χ0v) is 7.11. The van der Waals surface area contributed by atoms with Gasteiger partial charge in [0, 0.05) is 5.56 Å². The lowest BCUT2D eigenvalue weighted by Gasteiger charge is -1.96. The number of rotatable bonds is 1. The number of hydrogen-bond acceptors (Lipinski definition) is 3. The van der Waals surface area contributed by atoms with Crippen LogP contribution in [0.4, 0.5) is 4.39 Å². The SMILES string of the molecule is O=c1occnc1-c1ccc(F)cc1. The summed E-state index contributed by atoms with van der Waals surface area (Å²) in [6, 6.07) is 5.50. The Morgan fingerprint density at radius 2 is 1.93 bits per heavy atom. The topological polar surface area (TPSA) is 43.1 Å². The van der Waals surface area contributed by atoms with Gasteiger partial charge in [0.1, 0.15) is 12.1 Å². The van der Waals surface area contributed by atoms with Crippen LogP contribution in [0.15, 0.2) is 45.9 Å². The van der Waals surface area contributed by atoms with Crippen molar-refractivity contribution in [3.63, 3.8) is 0 Å². The van der Waals surface area contributed by atoms with Crippen molar-refractivity contribution >= 4 is 0 Å². The molecule has 4 heteroatoms. The van der Waals surface area contributed by atoms with Crippen LogP contribution in [0.1, 0.15) is 0 Å². The lowest BCUT2D eigenvalue weighted by molar-refractivity contribution is 0.505. The Bertz CT molecular complexity index is 490. The largest absolute Gasteiger partial charge is 0.428 e. The summed E-state index contributed by atoms with van der Waals surface area (Å²) in [6.07, 6.45) is 2.58. The molecule has 1 heterocycles. The molecule has 3 nitrogen and oxygen atoms in total. The molecule has 1 aromatic heterocycles. The van der Waals surface area contributed by atoms with Crippen molar-refractivity contribution in [2.75, 3.05) is 0 Å². The zero-order chi connectivity index (χ0) is 9.97. The average Bonchev–Trinajstić information content (AvgIpc) is 2.20. The number of aromatic nitrogens is 1. The molecule has 0 aliphatic carbocycles. The van der Waals surface area contributed by atoms with E-state index in [4.69, 9.17) is 0 Å². The molecule has 0 saturated heterocycles. The summed E-state index contributed by atoms with van der Waals surface area (Å²) in [6.45, 7) is 0. The fraction of sp³-hybridized carbons (Fsp3) is 0. The lowest BCUT2D eigenvalue weighted by atomic mass is 10.2.